The van der Waals surface area contributed by atoms with Crippen molar-refractivity contribution in [2.24, 2.45) is 0 Å². The Morgan fingerprint density at radius 3 is 2.94 bits per heavy atom. The molecule has 0 fully saturated rings. The van der Waals surface area contributed by atoms with E-state index < -0.39 is 0 Å². The average Bonchev–Trinajstić information content (AvgIpc) is 2.78. The summed E-state index contributed by atoms with van der Waals surface area (Å²) in [5, 5.41) is 4.10. The Hall–Kier alpha value is -2.04. The predicted molar refractivity (Wildman–Crippen MR) is 58.0 cm³/mol. The lowest BCUT2D eigenvalue weighted by Gasteiger charge is -2.03. The van der Waals surface area contributed by atoms with Gasteiger partial charge in [0.1, 0.15) is 11.4 Å². The first-order chi connectivity index (χ1) is 7.83. The largest absolute Gasteiger partial charge is 0.285 e. The van der Waals surface area contributed by atoms with Gasteiger partial charge in [0.25, 0.3) is 0 Å². The number of hydrogen-bond donors (Lipinski definition) is 0. The third kappa shape index (κ3) is 1.98. The molecule has 2 rings (SSSR count). The molecular weight excluding hydrogens is 204 g/mol. The number of carbonyl (C=O) groups excluding carboxylic acids is 1. The Labute approximate surface area is 93.2 Å². The van der Waals surface area contributed by atoms with Crippen LogP contribution in [0.15, 0.2) is 30.9 Å². The summed E-state index contributed by atoms with van der Waals surface area (Å²) in [6.45, 7) is 2.77. The number of rotatable bonds is 4. The lowest BCUT2D eigenvalue weighted by Crippen LogP contribution is -2.12. The highest BCUT2D eigenvalue weighted by Gasteiger charge is 2.14. The van der Waals surface area contributed by atoms with Crippen molar-refractivity contribution in [1.82, 2.24) is 19.7 Å². The maximum atomic E-state index is 12.0. The molecule has 0 aliphatic carbocycles. The van der Waals surface area contributed by atoms with Crippen LogP contribution < -0.4 is 0 Å². The van der Waals surface area contributed by atoms with Crippen molar-refractivity contribution in [3.05, 3.63) is 42.2 Å². The van der Waals surface area contributed by atoms with Crippen LogP contribution >= 0.6 is 0 Å². The monoisotopic (exact) mass is 216 g/mol. The Bertz CT molecular complexity index is 478. The van der Waals surface area contributed by atoms with Crippen LogP contribution in [0, 0.1) is 0 Å². The molecular formula is C11H12N4O. The van der Waals surface area contributed by atoms with Crippen LogP contribution in [-0.4, -0.2) is 25.5 Å². The highest BCUT2D eigenvalue weighted by atomic mass is 16.1. The van der Waals surface area contributed by atoms with Crippen LogP contribution in [-0.2, 0) is 6.54 Å². The van der Waals surface area contributed by atoms with Crippen molar-refractivity contribution >= 4 is 5.78 Å². The molecule has 0 aliphatic heterocycles. The van der Waals surface area contributed by atoms with Gasteiger partial charge in [-0.25, -0.2) is 4.98 Å². The molecule has 0 atom stereocenters. The first-order valence-electron chi connectivity index (χ1n) is 5.15. The van der Waals surface area contributed by atoms with Gasteiger partial charge in [0.2, 0.25) is 5.78 Å². The fourth-order valence-corrected chi connectivity index (χ4v) is 1.46. The molecule has 0 unspecified atom stereocenters. The third-order valence-corrected chi connectivity index (χ3v) is 2.18. The van der Waals surface area contributed by atoms with E-state index in [1.165, 1.54) is 12.4 Å². The van der Waals surface area contributed by atoms with E-state index in [0.717, 1.165) is 13.0 Å². The van der Waals surface area contributed by atoms with Crippen LogP contribution in [0.3, 0.4) is 0 Å². The molecule has 0 radical (unpaired) electrons. The Morgan fingerprint density at radius 1 is 1.38 bits per heavy atom. The number of nitrogens with zero attached hydrogens (tertiary/aromatic N) is 4. The molecule has 0 N–H and O–H groups in total. The van der Waals surface area contributed by atoms with E-state index in [0.29, 0.717) is 11.4 Å². The highest BCUT2D eigenvalue weighted by Crippen LogP contribution is 2.06. The summed E-state index contributed by atoms with van der Waals surface area (Å²) in [5.41, 5.74) is 0.905. The molecule has 0 spiro atoms. The van der Waals surface area contributed by atoms with E-state index >= 15 is 0 Å². The molecule has 5 nitrogen and oxygen atoms in total. The van der Waals surface area contributed by atoms with E-state index in [-0.39, 0.29) is 5.78 Å². The van der Waals surface area contributed by atoms with E-state index in [1.807, 2.05) is 6.92 Å². The Kier molecular flexibility index (Phi) is 3.05. The molecule has 5 heteroatoms. The molecule has 0 saturated heterocycles. The smallest absolute Gasteiger partial charge is 0.230 e. The van der Waals surface area contributed by atoms with Crippen molar-refractivity contribution in [3.63, 3.8) is 0 Å². The summed E-state index contributed by atoms with van der Waals surface area (Å²) in [6.07, 6.45) is 7.07. The van der Waals surface area contributed by atoms with Crippen LogP contribution in [0.2, 0.25) is 0 Å². The van der Waals surface area contributed by atoms with Crippen molar-refractivity contribution < 1.29 is 4.79 Å². The minimum absolute atomic E-state index is 0.140. The van der Waals surface area contributed by atoms with E-state index in [1.54, 1.807) is 23.1 Å². The standard InChI is InChI=1S/C11H12N4O/c1-2-7-15-10(3-4-14-15)11(16)9-8-12-5-6-13-9/h3-6,8H,2,7H2,1H3. The van der Waals surface area contributed by atoms with Crippen molar-refractivity contribution in [2.75, 3.05) is 0 Å². The first-order valence-corrected chi connectivity index (χ1v) is 5.15. The number of aryl methyl sites for hydroxylation is 1. The minimum Gasteiger partial charge on any atom is -0.285 e. The second-order valence-corrected chi connectivity index (χ2v) is 3.36. The topological polar surface area (TPSA) is 60.7 Å². The van der Waals surface area contributed by atoms with Gasteiger partial charge in [-0.1, -0.05) is 6.92 Å². The number of aromatic nitrogens is 4. The van der Waals surface area contributed by atoms with Gasteiger partial charge in [0.15, 0.2) is 0 Å². The SMILES string of the molecule is CCCn1nccc1C(=O)c1cnccn1. The van der Waals surface area contributed by atoms with Gasteiger partial charge in [0, 0.05) is 25.1 Å². The van der Waals surface area contributed by atoms with E-state index in [2.05, 4.69) is 15.1 Å². The molecule has 0 amide bonds. The molecule has 2 aromatic heterocycles. The minimum atomic E-state index is -0.140. The zero-order chi connectivity index (χ0) is 11.4. The van der Waals surface area contributed by atoms with E-state index in [4.69, 9.17) is 0 Å². The lowest BCUT2D eigenvalue weighted by molar-refractivity contribution is 0.102. The molecule has 2 aromatic rings. The first kappa shape index (κ1) is 10.5. The van der Waals surface area contributed by atoms with Crippen molar-refractivity contribution in [3.8, 4) is 0 Å². The van der Waals surface area contributed by atoms with Crippen LogP contribution in [0.25, 0.3) is 0 Å². The number of ketones is 1. The van der Waals surface area contributed by atoms with E-state index in [9.17, 15) is 4.79 Å². The predicted octanol–water partition coefficient (Wildman–Crippen LogP) is 1.31. The average molecular weight is 216 g/mol. The van der Waals surface area contributed by atoms with Gasteiger partial charge in [-0.05, 0) is 12.5 Å². The maximum absolute atomic E-state index is 12.0. The van der Waals surface area contributed by atoms with Gasteiger partial charge >= 0.3 is 0 Å². The van der Waals surface area contributed by atoms with Gasteiger partial charge in [-0.3, -0.25) is 14.5 Å². The molecule has 16 heavy (non-hydrogen) atoms. The molecule has 0 saturated carbocycles. The van der Waals surface area contributed by atoms with Crippen LogP contribution in [0.5, 0.6) is 0 Å². The zero-order valence-electron chi connectivity index (χ0n) is 9.00. The van der Waals surface area contributed by atoms with Gasteiger partial charge in [0.05, 0.1) is 6.20 Å². The normalized spacial score (nSPS) is 10.3. The second-order valence-electron chi connectivity index (χ2n) is 3.36. The summed E-state index contributed by atoms with van der Waals surface area (Å²) in [7, 11) is 0. The molecule has 0 bridgehead atoms. The summed E-state index contributed by atoms with van der Waals surface area (Å²) in [5.74, 6) is -0.140. The molecule has 82 valence electrons. The second kappa shape index (κ2) is 4.65. The third-order valence-electron chi connectivity index (χ3n) is 2.18. The summed E-state index contributed by atoms with van der Waals surface area (Å²) in [6, 6.07) is 1.70. The maximum Gasteiger partial charge on any atom is 0.230 e. The van der Waals surface area contributed by atoms with Crippen molar-refractivity contribution in [2.45, 2.75) is 19.9 Å². The van der Waals surface area contributed by atoms with Crippen molar-refractivity contribution in [1.29, 1.82) is 0 Å². The lowest BCUT2D eigenvalue weighted by atomic mass is 10.2. The Morgan fingerprint density at radius 2 is 2.25 bits per heavy atom. The quantitative estimate of drug-likeness (QED) is 0.723. The van der Waals surface area contributed by atoms with Gasteiger partial charge in [-0.2, -0.15) is 5.10 Å². The van der Waals surface area contributed by atoms with Crippen LogP contribution in [0.1, 0.15) is 29.5 Å². The zero-order valence-corrected chi connectivity index (χ0v) is 9.00. The summed E-state index contributed by atoms with van der Waals surface area (Å²) < 4.78 is 1.69. The molecule has 0 aliphatic rings. The molecule has 2 heterocycles. The number of hydrogen-bond acceptors (Lipinski definition) is 4. The summed E-state index contributed by atoms with van der Waals surface area (Å²) in [4.78, 5) is 19.9. The Balaban J connectivity index is 2.31. The summed E-state index contributed by atoms with van der Waals surface area (Å²) >= 11 is 0. The fraction of sp³-hybridized carbons (Fsp3) is 0.273. The van der Waals surface area contributed by atoms with Gasteiger partial charge < -0.3 is 0 Å². The fourth-order valence-electron chi connectivity index (χ4n) is 1.46. The molecule has 0 aromatic carbocycles. The highest BCUT2D eigenvalue weighted by molar-refractivity contribution is 6.06. The van der Waals surface area contributed by atoms with Gasteiger partial charge in [-0.15, -0.1) is 0 Å². The van der Waals surface area contributed by atoms with Crippen LogP contribution in [0.4, 0.5) is 0 Å². The number of carbonyl (C=O) groups is 1.